The van der Waals surface area contributed by atoms with E-state index in [-0.39, 0.29) is 44.8 Å². The fourth-order valence-electron chi connectivity index (χ4n) is 5.24. The van der Waals surface area contributed by atoms with E-state index in [0.29, 0.717) is 41.4 Å². The number of halogens is 4. The Kier molecular flexibility index (Phi) is 15.3. The number of nitrogens with zero attached hydrogens (tertiary/aromatic N) is 1. The van der Waals surface area contributed by atoms with Crippen LogP contribution in [-0.2, 0) is 4.79 Å². The molecule has 3 atom stereocenters. The first-order valence-corrected chi connectivity index (χ1v) is 15.5. The molecule has 0 saturated heterocycles. The maximum Gasteiger partial charge on any atom is 0.251 e. The van der Waals surface area contributed by atoms with Gasteiger partial charge in [-0.3, -0.25) is 9.59 Å². The van der Waals surface area contributed by atoms with Gasteiger partial charge in [-0.1, -0.05) is 75.2 Å². The number of ether oxygens (including phenoxy) is 1. The standard InChI is InChI=1S/C17H21ClFN.C12H16N2O3.C6H4ClF/c1-17(2,3)9-11-7-8-12(14(11)10-20)13-5-4-6-15(18)16(13)19;1-3-6-13-12(16)9-4-5-10(14-8-15)11(7-9)17-2;7-5-3-1-2-4-6(5)8/h4-6,11-12,14H,7-9H2,1-3H3;4-5,7-8H,3,6H2,1-2H3,(H,13,16)(H,14,15);1-4H. The van der Waals surface area contributed by atoms with Crippen LogP contribution in [-0.4, -0.2) is 26.0 Å². The van der Waals surface area contributed by atoms with Gasteiger partial charge in [-0.15, -0.1) is 0 Å². The molecule has 3 unspecified atom stereocenters. The Morgan fingerprint density at radius 3 is 2.31 bits per heavy atom. The van der Waals surface area contributed by atoms with E-state index in [1.807, 2.05) is 6.92 Å². The number of rotatable bonds is 8. The van der Waals surface area contributed by atoms with Crippen molar-refractivity contribution in [3.05, 3.63) is 93.5 Å². The van der Waals surface area contributed by atoms with Crippen molar-refractivity contribution in [2.75, 3.05) is 19.0 Å². The Bertz CT molecular complexity index is 1440. The lowest BCUT2D eigenvalue weighted by molar-refractivity contribution is -0.105. The summed E-state index contributed by atoms with van der Waals surface area (Å²) in [6.07, 6.45) is 4.31. The van der Waals surface area contributed by atoms with Gasteiger partial charge in [0.05, 0.1) is 34.8 Å². The van der Waals surface area contributed by atoms with Crippen LogP contribution in [0.3, 0.4) is 0 Å². The quantitative estimate of drug-likeness (QED) is 0.236. The molecule has 0 aromatic heterocycles. The van der Waals surface area contributed by atoms with Gasteiger partial charge in [0.2, 0.25) is 6.41 Å². The second kappa shape index (κ2) is 18.3. The molecule has 0 heterocycles. The van der Waals surface area contributed by atoms with Crippen molar-refractivity contribution < 1.29 is 23.1 Å². The fraction of sp³-hybridized carbons (Fsp3) is 0.400. The summed E-state index contributed by atoms with van der Waals surface area (Å²) in [5.41, 5.74) is 1.85. The highest BCUT2D eigenvalue weighted by Crippen LogP contribution is 2.48. The molecule has 2 amide bonds. The molecular formula is C35H41Cl2F2N3O3. The van der Waals surface area contributed by atoms with E-state index in [1.54, 1.807) is 48.5 Å². The van der Waals surface area contributed by atoms with Crippen LogP contribution < -0.4 is 15.4 Å². The van der Waals surface area contributed by atoms with Gasteiger partial charge in [0, 0.05) is 18.0 Å². The molecule has 2 N–H and O–H groups in total. The third-order valence-electron chi connectivity index (χ3n) is 7.23. The summed E-state index contributed by atoms with van der Waals surface area (Å²) >= 11 is 11.2. The van der Waals surface area contributed by atoms with Crippen LogP contribution in [0.2, 0.25) is 10.0 Å². The number of nitrogens with one attached hydrogen (secondary N) is 2. The van der Waals surface area contributed by atoms with Crippen molar-refractivity contribution in [3.8, 4) is 11.8 Å². The third kappa shape index (κ3) is 11.6. The van der Waals surface area contributed by atoms with Gasteiger partial charge in [-0.25, -0.2) is 8.78 Å². The Labute approximate surface area is 275 Å². The minimum absolute atomic E-state index is 0.0222. The molecule has 1 fully saturated rings. The lowest BCUT2D eigenvalue weighted by Crippen LogP contribution is -2.23. The summed E-state index contributed by atoms with van der Waals surface area (Å²) in [5.74, 6) is -0.189. The molecule has 1 saturated carbocycles. The maximum absolute atomic E-state index is 14.2. The van der Waals surface area contributed by atoms with E-state index >= 15 is 0 Å². The first-order chi connectivity index (χ1) is 21.4. The fourth-order valence-corrected chi connectivity index (χ4v) is 5.56. The van der Waals surface area contributed by atoms with Crippen LogP contribution in [0.4, 0.5) is 14.5 Å². The molecule has 0 bridgehead atoms. The number of carbonyl (C=O) groups excluding carboxylic acids is 2. The van der Waals surface area contributed by atoms with E-state index < -0.39 is 0 Å². The van der Waals surface area contributed by atoms with E-state index in [1.165, 1.54) is 19.2 Å². The highest BCUT2D eigenvalue weighted by atomic mass is 35.5. The lowest BCUT2D eigenvalue weighted by atomic mass is 9.78. The van der Waals surface area contributed by atoms with Gasteiger partial charge >= 0.3 is 0 Å². The summed E-state index contributed by atoms with van der Waals surface area (Å²) < 4.78 is 31.5. The normalized spacial score (nSPS) is 17.0. The first-order valence-electron chi connectivity index (χ1n) is 14.8. The molecule has 3 aromatic rings. The van der Waals surface area contributed by atoms with Crippen LogP contribution in [0, 0.1) is 40.2 Å². The van der Waals surface area contributed by atoms with Gasteiger partial charge in [-0.2, -0.15) is 5.26 Å². The number of hydrogen-bond acceptors (Lipinski definition) is 4. The summed E-state index contributed by atoms with van der Waals surface area (Å²) in [6, 6.07) is 18.5. The van der Waals surface area contributed by atoms with Gasteiger partial charge < -0.3 is 15.4 Å². The Balaban J connectivity index is 0.000000255. The van der Waals surface area contributed by atoms with Crippen molar-refractivity contribution in [1.29, 1.82) is 5.26 Å². The summed E-state index contributed by atoms with van der Waals surface area (Å²) in [4.78, 5) is 22.0. The largest absolute Gasteiger partial charge is 0.495 e. The average Bonchev–Trinajstić information content (AvgIpc) is 3.40. The summed E-state index contributed by atoms with van der Waals surface area (Å²) in [5, 5.41) is 15.1. The van der Waals surface area contributed by atoms with Crippen molar-refractivity contribution >= 4 is 41.2 Å². The monoisotopic (exact) mass is 659 g/mol. The SMILES string of the molecule is CC(C)(C)CC1CCC(c2cccc(Cl)c2F)C1C#N.CCCNC(=O)c1ccc(NC=O)c(OC)c1.Fc1ccccc1Cl. The molecule has 242 valence electrons. The molecule has 1 aliphatic carbocycles. The van der Waals surface area contributed by atoms with E-state index in [4.69, 9.17) is 27.9 Å². The minimum Gasteiger partial charge on any atom is -0.495 e. The average molecular weight is 661 g/mol. The lowest BCUT2D eigenvalue weighted by Gasteiger charge is -2.26. The molecule has 0 radical (unpaired) electrons. The maximum atomic E-state index is 14.2. The highest BCUT2D eigenvalue weighted by Gasteiger charge is 2.40. The first kappa shape index (κ1) is 37.5. The number of anilines is 1. The molecule has 45 heavy (non-hydrogen) atoms. The zero-order valence-corrected chi connectivity index (χ0v) is 27.8. The molecular weight excluding hydrogens is 619 g/mol. The van der Waals surface area contributed by atoms with Crippen LogP contribution >= 0.6 is 23.2 Å². The van der Waals surface area contributed by atoms with E-state index in [2.05, 4.69) is 37.5 Å². The predicted octanol–water partition coefficient (Wildman–Crippen LogP) is 9.43. The molecule has 3 aromatic carbocycles. The summed E-state index contributed by atoms with van der Waals surface area (Å²) in [7, 11) is 1.49. The van der Waals surface area contributed by atoms with Crippen molar-refractivity contribution in [2.24, 2.45) is 17.3 Å². The molecule has 0 spiro atoms. The Morgan fingerprint density at radius 1 is 1.07 bits per heavy atom. The smallest absolute Gasteiger partial charge is 0.251 e. The zero-order chi connectivity index (χ0) is 33.6. The van der Waals surface area contributed by atoms with Crippen LogP contribution in [0.25, 0.3) is 0 Å². The van der Waals surface area contributed by atoms with Crippen molar-refractivity contribution in [3.63, 3.8) is 0 Å². The number of benzene rings is 3. The third-order valence-corrected chi connectivity index (χ3v) is 7.83. The topological polar surface area (TPSA) is 91.2 Å². The van der Waals surface area contributed by atoms with Crippen LogP contribution in [0.5, 0.6) is 5.75 Å². The van der Waals surface area contributed by atoms with Crippen molar-refractivity contribution in [2.45, 2.75) is 59.3 Å². The van der Waals surface area contributed by atoms with E-state index in [9.17, 15) is 23.6 Å². The second-order valence-electron chi connectivity index (χ2n) is 11.9. The Hall–Kier alpha value is -3.67. The van der Waals surface area contributed by atoms with Gasteiger partial charge in [0.15, 0.2) is 0 Å². The van der Waals surface area contributed by atoms with Crippen LogP contribution in [0.1, 0.15) is 75.2 Å². The second-order valence-corrected chi connectivity index (χ2v) is 12.7. The summed E-state index contributed by atoms with van der Waals surface area (Å²) in [6.45, 7) is 9.19. The molecule has 4 rings (SSSR count). The predicted molar refractivity (Wildman–Crippen MR) is 177 cm³/mol. The van der Waals surface area contributed by atoms with E-state index in [0.717, 1.165) is 25.7 Å². The molecule has 10 heteroatoms. The number of hydrogen-bond donors (Lipinski definition) is 2. The Morgan fingerprint density at radius 2 is 1.76 bits per heavy atom. The molecule has 0 aliphatic heterocycles. The molecule has 1 aliphatic rings. The van der Waals surface area contributed by atoms with Crippen LogP contribution in [0.15, 0.2) is 60.7 Å². The van der Waals surface area contributed by atoms with Gasteiger partial charge in [-0.05, 0) is 79.0 Å². The number of nitriles is 1. The minimum atomic E-state index is -0.367. The van der Waals surface area contributed by atoms with Gasteiger partial charge in [0.1, 0.15) is 17.4 Å². The number of carbonyl (C=O) groups is 2. The zero-order valence-electron chi connectivity index (χ0n) is 26.3. The highest BCUT2D eigenvalue weighted by molar-refractivity contribution is 6.31. The number of methoxy groups -OCH3 is 1. The van der Waals surface area contributed by atoms with Gasteiger partial charge in [0.25, 0.3) is 5.91 Å². The number of amides is 2. The molecule has 6 nitrogen and oxygen atoms in total. The van der Waals surface area contributed by atoms with Crippen molar-refractivity contribution in [1.82, 2.24) is 5.32 Å².